The minimum atomic E-state index is -8.04. The van der Waals surface area contributed by atoms with Gasteiger partial charge in [-0.15, -0.1) is 0 Å². The molecule has 2 N–H and O–H groups in total. The van der Waals surface area contributed by atoms with Gasteiger partial charge in [0.1, 0.15) is 6.42 Å². The molecule has 0 aromatic carbocycles. The molecule has 0 bridgehead atoms. The molecule has 186 valence electrons. The van der Waals surface area contributed by atoms with Crippen LogP contribution in [0.5, 0.6) is 0 Å². The third-order valence-corrected chi connectivity index (χ3v) is 7.26. The number of rotatable bonds is 8. The predicted molar refractivity (Wildman–Crippen MR) is 69.6 cm³/mol. The SMILES string of the molecule is O=C(CC(F)(F)F)NS(=O)(=O)C(F)(F)C(F)(F)C(F)(F)S(=O)(=O)NS(=O)(=O)C(F)(F)F. The van der Waals surface area contributed by atoms with E-state index >= 15 is 0 Å². The predicted octanol–water partition coefficient (Wildman–Crippen LogP) is 0.975. The van der Waals surface area contributed by atoms with E-state index in [1.807, 2.05) is 0 Å². The lowest BCUT2D eigenvalue weighted by Crippen LogP contribution is -2.65. The first-order valence-corrected chi connectivity index (χ1v) is 10.6. The highest BCUT2D eigenvalue weighted by Gasteiger charge is 2.83. The molecule has 0 heterocycles. The summed E-state index contributed by atoms with van der Waals surface area (Å²) in [7, 11) is -23.1. The first-order valence-electron chi connectivity index (χ1n) is 6.15. The van der Waals surface area contributed by atoms with Crippen LogP contribution in [0.3, 0.4) is 0 Å². The van der Waals surface area contributed by atoms with Gasteiger partial charge < -0.3 is 0 Å². The van der Waals surface area contributed by atoms with Gasteiger partial charge in [0.15, 0.2) is 0 Å². The topological polar surface area (TPSA) is 144 Å². The van der Waals surface area contributed by atoms with E-state index in [9.17, 15) is 82.7 Å². The quantitative estimate of drug-likeness (QED) is 0.428. The second-order valence-corrected chi connectivity index (χ2v) is 10.3. The molecule has 0 rings (SSSR count). The van der Waals surface area contributed by atoms with Crippen molar-refractivity contribution in [3.8, 4) is 0 Å². The lowest BCUT2D eigenvalue weighted by Gasteiger charge is -2.31. The average Bonchev–Trinajstić information content (AvgIpc) is 2.40. The summed E-state index contributed by atoms with van der Waals surface area (Å²) in [4.78, 5) is 10.7. The van der Waals surface area contributed by atoms with E-state index in [-0.39, 0.29) is 0 Å². The minimum Gasteiger partial charge on any atom is -0.274 e. The van der Waals surface area contributed by atoms with Gasteiger partial charge in [-0.2, -0.15) is 61.1 Å². The fourth-order valence-electron chi connectivity index (χ4n) is 1.18. The fourth-order valence-corrected chi connectivity index (χ4v) is 4.63. The van der Waals surface area contributed by atoms with E-state index in [0.717, 1.165) is 0 Å². The van der Waals surface area contributed by atoms with Crippen molar-refractivity contribution < 1.29 is 82.7 Å². The molecule has 0 unspecified atom stereocenters. The molecular formula is C7H4F12N2O7S3. The Labute approximate surface area is 162 Å². The van der Waals surface area contributed by atoms with E-state index in [1.165, 1.54) is 0 Å². The number of amides is 1. The molecular weight excluding hydrogens is 548 g/mol. The van der Waals surface area contributed by atoms with Gasteiger partial charge in [0.25, 0.3) is 10.0 Å². The smallest absolute Gasteiger partial charge is 0.274 e. The summed E-state index contributed by atoms with van der Waals surface area (Å²) in [6.07, 6.45) is -8.57. The van der Waals surface area contributed by atoms with Crippen LogP contribution in [-0.4, -0.2) is 59.3 Å². The van der Waals surface area contributed by atoms with Gasteiger partial charge in [-0.05, 0) is 0 Å². The van der Waals surface area contributed by atoms with Gasteiger partial charge in [-0.25, -0.2) is 21.6 Å². The molecule has 0 radical (unpaired) electrons. The maximum Gasteiger partial charge on any atom is 0.512 e. The summed E-state index contributed by atoms with van der Waals surface area (Å²) in [5, 5.41) is -15.2. The Morgan fingerprint density at radius 2 is 0.968 bits per heavy atom. The summed E-state index contributed by atoms with van der Waals surface area (Å²) in [5.41, 5.74) is -6.77. The standard InChI is InChI=1S/C7H4F12N2O7S3/c8-3(9,10)1-2(22)20-29(23,24)5(13,14)4(11,12)6(15,16)30(25,26)21-31(27,28)7(17,18)19/h21H,1H2,(H,20,22). The number of halogens is 12. The molecule has 0 aromatic heterocycles. The van der Waals surface area contributed by atoms with Crippen molar-refractivity contribution in [2.45, 2.75) is 34.5 Å². The van der Waals surface area contributed by atoms with Crippen LogP contribution >= 0.6 is 0 Å². The van der Waals surface area contributed by atoms with Crippen LogP contribution in [0.4, 0.5) is 52.7 Å². The zero-order valence-electron chi connectivity index (χ0n) is 13.3. The maximum absolute atomic E-state index is 13.5. The first kappa shape index (κ1) is 29.4. The molecule has 0 saturated heterocycles. The number of hydrogen-bond donors (Lipinski definition) is 2. The van der Waals surface area contributed by atoms with Crippen molar-refractivity contribution in [3.05, 3.63) is 0 Å². The Hall–Kier alpha value is -1.56. The van der Waals surface area contributed by atoms with E-state index in [4.69, 9.17) is 0 Å². The Kier molecular flexibility index (Phi) is 7.40. The highest BCUT2D eigenvalue weighted by atomic mass is 32.3. The number of sulfonamides is 3. The van der Waals surface area contributed by atoms with E-state index < -0.39 is 79.4 Å². The summed E-state index contributed by atoms with van der Waals surface area (Å²) in [6, 6.07) is 0. The molecule has 0 aliphatic carbocycles. The molecule has 0 aliphatic heterocycles. The lowest BCUT2D eigenvalue weighted by atomic mass is 10.3. The van der Waals surface area contributed by atoms with Crippen LogP contribution in [0.1, 0.15) is 6.42 Å². The van der Waals surface area contributed by atoms with Crippen molar-refractivity contribution in [1.29, 1.82) is 0 Å². The van der Waals surface area contributed by atoms with Gasteiger partial charge in [0, 0.05) is 0 Å². The molecule has 0 fully saturated rings. The number of nitrogens with one attached hydrogen (secondary N) is 2. The minimum absolute atomic E-state index is 0.408. The van der Waals surface area contributed by atoms with Gasteiger partial charge in [-0.1, -0.05) is 4.13 Å². The molecule has 0 aliphatic rings. The molecule has 9 nitrogen and oxygen atoms in total. The molecule has 31 heavy (non-hydrogen) atoms. The van der Waals surface area contributed by atoms with Gasteiger partial charge >= 0.3 is 48.2 Å². The Morgan fingerprint density at radius 3 is 1.29 bits per heavy atom. The largest absolute Gasteiger partial charge is 0.512 e. The molecule has 0 saturated carbocycles. The maximum atomic E-state index is 13.5. The van der Waals surface area contributed by atoms with Crippen molar-refractivity contribution in [2.24, 2.45) is 0 Å². The van der Waals surface area contributed by atoms with E-state index in [1.54, 1.807) is 0 Å². The summed E-state index contributed by atoms with van der Waals surface area (Å²) < 4.78 is 216. The summed E-state index contributed by atoms with van der Waals surface area (Å²) >= 11 is 0. The lowest BCUT2D eigenvalue weighted by molar-refractivity contribution is -0.244. The van der Waals surface area contributed by atoms with Crippen LogP contribution in [0.25, 0.3) is 0 Å². The fraction of sp³-hybridized carbons (Fsp3) is 0.857. The monoisotopic (exact) mass is 552 g/mol. The first-order chi connectivity index (χ1) is 13.1. The van der Waals surface area contributed by atoms with Crippen molar-refractivity contribution in [2.75, 3.05) is 0 Å². The molecule has 24 heteroatoms. The number of carbonyl (C=O) groups is 1. The highest BCUT2D eigenvalue weighted by Crippen LogP contribution is 2.50. The van der Waals surface area contributed by atoms with Gasteiger partial charge in [0.2, 0.25) is 5.91 Å². The zero-order valence-corrected chi connectivity index (χ0v) is 15.8. The van der Waals surface area contributed by atoms with Crippen molar-refractivity contribution in [1.82, 2.24) is 8.85 Å². The van der Waals surface area contributed by atoms with E-state index in [2.05, 4.69) is 0 Å². The van der Waals surface area contributed by atoms with Crippen LogP contribution in [0.15, 0.2) is 0 Å². The normalized spacial score (nSPS) is 15.6. The molecule has 0 aromatic rings. The summed E-state index contributed by atoms with van der Waals surface area (Å²) in [6.45, 7) is 0. The second-order valence-electron chi connectivity index (χ2n) is 4.96. The van der Waals surface area contributed by atoms with Crippen LogP contribution < -0.4 is 8.85 Å². The zero-order chi connectivity index (χ0) is 25.7. The Bertz CT molecular complexity index is 1030. The Balaban J connectivity index is 6.34. The Morgan fingerprint density at radius 1 is 0.613 bits per heavy atom. The highest BCUT2D eigenvalue weighted by molar-refractivity contribution is 8.05. The third-order valence-electron chi connectivity index (χ3n) is 2.54. The van der Waals surface area contributed by atoms with Crippen molar-refractivity contribution >= 4 is 36.0 Å². The van der Waals surface area contributed by atoms with Crippen LogP contribution in [-0.2, 0) is 34.9 Å². The number of carbonyl (C=O) groups excluding carboxylic acids is 1. The van der Waals surface area contributed by atoms with Crippen LogP contribution in [0.2, 0.25) is 0 Å². The second kappa shape index (κ2) is 7.79. The van der Waals surface area contributed by atoms with Crippen molar-refractivity contribution in [3.63, 3.8) is 0 Å². The van der Waals surface area contributed by atoms with Gasteiger partial charge in [0.05, 0.1) is 0 Å². The number of hydrogen-bond acceptors (Lipinski definition) is 7. The average molecular weight is 552 g/mol. The van der Waals surface area contributed by atoms with E-state index in [0.29, 0.717) is 0 Å². The summed E-state index contributed by atoms with van der Waals surface area (Å²) in [5.74, 6) is -10.9. The molecule has 0 spiro atoms. The third kappa shape index (κ3) is 5.63. The number of alkyl halides is 12. The van der Waals surface area contributed by atoms with Crippen LogP contribution in [0, 0.1) is 0 Å². The molecule has 1 amide bonds. The van der Waals surface area contributed by atoms with Gasteiger partial charge in [-0.3, -0.25) is 4.79 Å². The molecule has 0 atom stereocenters.